The quantitative estimate of drug-likeness (QED) is 0.473. The highest BCUT2D eigenvalue weighted by Gasteiger charge is 2.31. The van der Waals surface area contributed by atoms with Crippen LogP contribution in [0.1, 0.15) is 77.6 Å². The second kappa shape index (κ2) is 9.62. The molecular weight excluding hydrogens is 430 g/mol. The van der Waals surface area contributed by atoms with E-state index < -0.39 is 5.92 Å². The Morgan fingerprint density at radius 1 is 1.24 bits per heavy atom. The summed E-state index contributed by atoms with van der Waals surface area (Å²) in [6, 6.07) is 0. The van der Waals surface area contributed by atoms with Crippen LogP contribution < -0.4 is 10.7 Å². The number of rotatable bonds is 7. The Morgan fingerprint density at radius 3 is 2.82 bits per heavy atom. The summed E-state index contributed by atoms with van der Waals surface area (Å²) in [7, 11) is 0. The Labute approximate surface area is 197 Å². The molecule has 34 heavy (non-hydrogen) atoms. The highest BCUT2D eigenvalue weighted by atomic mass is 16.2. The van der Waals surface area contributed by atoms with Crippen LogP contribution in [0.15, 0.2) is 40.6 Å². The first-order valence-corrected chi connectivity index (χ1v) is 11.9. The van der Waals surface area contributed by atoms with Crippen LogP contribution in [0, 0.1) is 12.8 Å². The molecule has 2 aromatic heterocycles. The van der Waals surface area contributed by atoms with Crippen LogP contribution in [0.5, 0.6) is 0 Å². The number of aliphatic imine (C=N–C) groups is 1. The van der Waals surface area contributed by atoms with Crippen molar-refractivity contribution in [2.24, 2.45) is 16.0 Å². The van der Waals surface area contributed by atoms with Crippen molar-refractivity contribution in [3.63, 3.8) is 0 Å². The van der Waals surface area contributed by atoms with E-state index in [2.05, 4.69) is 48.8 Å². The molecule has 5 rings (SSSR count). The largest absolute Gasteiger partial charge is 0.359 e. The third-order valence-electron chi connectivity index (χ3n) is 6.83. The molecule has 1 amide bonds. The number of aromatic amines is 2. The molecule has 9 heteroatoms. The van der Waals surface area contributed by atoms with Crippen LogP contribution >= 0.6 is 0 Å². The number of imidazole rings is 1. The van der Waals surface area contributed by atoms with E-state index in [4.69, 9.17) is 0 Å². The maximum atomic E-state index is 12.6. The van der Waals surface area contributed by atoms with Gasteiger partial charge in [-0.25, -0.2) is 10.4 Å². The SMILES string of the molecule is Cc1[nH]c(C=C2NC=CN=C2C2C=NNC2=O)c(C2CCCCC2)c1CCC(=O)c1ncc[nH]1. The molecule has 1 unspecified atom stereocenters. The summed E-state index contributed by atoms with van der Waals surface area (Å²) < 4.78 is 0. The van der Waals surface area contributed by atoms with E-state index in [1.165, 1.54) is 30.4 Å². The van der Waals surface area contributed by atoms with Gasteiger partial charge in [-0.05, 0) is 49.3 Å². The Kier molecular flexibility index (Phi) is 6.24. The van der Waals surface area contributed by atoms with Crippen LogP contribution in [-0.4, -0.2) is 38.6 Å². The molecule has 4 heterocycles. The second-order valence-electron chi connectivity index (χ2n) is 9.02. The fourth-order valence-corrected chi connectivity index (χ4v) is 5.18. The predicted molar refractivity (Wildman–Crippen MR) is 130 cm³/mol. The summed E-state index contributed by atoms with van der Waals surface area (Å²) in [4.78, 5) is 39.9. The average molecular weight is 460 g/mol. The molecule has 176 valence electrons. The maximum absolute atomic E-state index is 12.6. The van der Waals surface area contributed by atoms with Crippen molar-refractivity contribution in [1.29, 1.82) is 0 Å². The lowest BCUT2D eigenvalue weighted by Gasteiger charge is -2.24. The second-order valence-corrected chi connectivity index (χ2v) is 9.02. The number of hydrogen-bond donors (Lipinski definition) is 4. The number of H-pyrrole nitrogens is 2. The van der Waals surface area contributed by atoms with Crippen molar-refractivity contribution in [2.45, 2.75) is 57.8 Å². The maximum Gasteiger partial charge on any atom is 0.254 e. The van der Waals surface area contributed by atoms with E-state index in [9.17, 15) is 9.59 Å². The molecule has 0 radical (unpaired) electrons. The van der Waals surface area contributed by atoms with Gasteiger partial charge in [0, 0.05) is 48.8 Å². The predicted octanol–water partition coefficient (Wildman–Crippen LogP) is 3.50. The number of nitrogens with zero attached hydrogens (tertiary/aromatic N) is 3. The van der Waals surface area contributed by atoms with Gasteiger partial charge in [0.25, 0.3) is 5.91 Å². The summed E-state index contributed by atoms with van der Waals surface area (Å²) >= 11 is 0. The van der Waals surface area contributed by atoms with Crippen LogP contribution in [0.3, 0.4) is 0 Å². The number of ketones is 1. The van der Waals surface area contributed by atoms with Gasteiger partial charge in [-0.2, -0.15) is 5.10 Å². The van der Waals surface area contributed by atoms with E-state index in [-0.39, 0.29) is 11.7 Å². The molecule has 0 spiro atoms. The minimum absolute atomic E-state index is 0.0140. The summed E-state index contributed by atoms with van der Waals surface area (Å²) in [5.74, 6) is 0.151. The van der Waals surface area contributed by atoms with Gasteiger partial charge in [-0.15, -0.1) is 0 Å². The third kappa shape index (κ3) is 4.37. The lowest BCUT2D eigenvalue weighted by Crippen LogP contribution is -2.32. The number of carbonyl (C=O) groups excluding carboxylic acids is 2. The summed E-state index contributed by atoms with van der Waals surface area (Å²) in [6.45, 7) is 2.07. The Bertz CT molecular complexity index is 1190. The van der Waals surface area contributed by atoms with Crippen molar-refractivity contribution in [1.82, 2.24) is 25.7 Å². The standard InChI is InChI=1S/C25H29N7O2/c1-15-17(7-8-21(33)24-28-11-12-29-24)22(16-5-3-2-4-6-16)19(31-15)13-20-23(27-10-9-26-20)18-14-30-32-25(18)34/h9-14,16,18,26,31H,2-8H2,1H3,(H,28,29)(H,32,34). The summed E-state index contributed by atoms with van der Waals surface area (Å²) in [5.41, 5.74) is 8.49. The van der Waals surface area contributed by atoms with Gasteiger partial charge in [0.1, 0.15) is 5.92 Å². The average Bonchev–Trinajstić information content (AvgIpc) is 3.60. The molecule has 9 nitrogen and oxygen atoms in total. The molecule has 1 saturated carbocycles. The van der Waals surface area contributed by atoms with Crippen molar-refractivity contribution in [3.8, 4) is 0 Å². The Hall–Kier alpha value is -3.75. The zero-order valence-electron chi connectivity index (χ0n) is 19.2. The van der Waals surface area contributed by atoms with Gasteiger partial charge in [0.2, 0.25) is 0 Å². The van der Waals surface area contributed by atoms with Gasteiger partial charge >= 0.3 is 0 Å². The fourth-order valence-electron chi connectivity index (χ4n) is 5.18. The van der Waals surface area contributed by atoms with Crippen LogP contribution in [0.25, 0.3) is 6.08 Å². The van der Waals surface area contributed by atoms with Crippen LogP contribution in [-0.2, 0) is 11.2 Å². The Balaban J connectivity index is 1.49. The number of hydrogen-bond acceptors (Lipinski definition) is 6. The van der Waals surface area contributed by atoms with Crippen LogP contribution in [0.4, 0.5) is 0 Å². The molecule has 3 aliphatic rings. The van der Waals surface area contributed by atoms with E-state index in [0.717, 1.165) is 29.9 Å². The van der Waals surface area contributed by atoms with Gasteiger partial charge in [-0.1, -0.05) is 19.3 Å². The number of nitrogens with one attached hydrogen (secondary N) is 4. The first kappa shape index (κ1) is 22.1. The van der Waals surface area contributed by atoms with Crippen molar-refractivity contribution in [2.75, 3.05) is 0 Å². The molecule has 0 bridgehead atoms. The number of hydrazone groups is 1. The number of aryl methyl sites for hydroxylation is 1. The van der Waals surface area contributed by atoms with Gasteiger partial charge in [-0.3, -0.25) is 14.6 Å². The lowest BCUT2D eigenvalue weighted by atomic mass is 9.81. The number of aromatic nitrogens is 3. The number of allylic oxidation sites excluding steroid dienone is 1. The fraction of sp³-hybridized carbons (Fsp3) is 0.400. The minimum Gasteiger partial charge on any atom is -0.359 e. The smallest absolute Gasteiger partial charge is 0.254 e. The molecule has 4 N–H and O–H groups in total. The summed E-state index contributed by atoms with van der Waals surface area (Å²) in [5, 5.41) is 7.17. The van der Waals surface area contributed by atoms with E-state index >= 15 is 0 Å². The lowest BCUT2D eigenvalue weighted by molar-refractivity contribution is -0.120. The first-order valence-electron chi connectivity index (χ1n) is 11.9. The molecule has 0 saturated heterocycles. The first-order chi connectivity index (χ1) is 16.6. The Morgan fingerprint density at radius 2 is 2.09 bits per heavy atom. The highest BCUT2D eigenvalue weighted by molar-refractivity contribution is 6.24. The normalized spacial score (nSPS) is 21.6. The molecule has 1 fully saturated rings. The molecule has 2 aromatic rings. The van der Waals surface area contributed by atoms with E-state index in [1.54, 1.807) is 31.0 Å². The van der Waals surface area contributed by atoms with E-state index in [1.807, 2.05) is 0 Å². The zero-order chi connectivity index (χ0) is 23.5. The third-order valence-corrected chi connectivity index (χ3v) is 6.83. The minimum atomic E-state index is -0.525. The molecular formula is C25H29N7O2. The van der Waals surface area contributed by atoms with Gasteiger partial charge in [0.05, 0.1) is 11.4 Å². The monoisotopic (exact) mass is 459 g/mol. The molecule has 1 atom stereocenters. The van der Waals surface area contributed by atoms with Gasteiger partial charge < -0.3 is 15.3 Å². The van der Waals surface area contributed by atoms with Crippen molar-refractivity contribution >= 4 is 29.7 Å². The van der Waals surface area contributed by atoms with E-state index in [0.29, 0.717) is 30.3 Å². The topological polar surface area (TPSA) is 127 Å². The summed E-state index contributed by atoms with van der Waals surface area (Å²) in [6.07, 6.45) is 17.3. The van der Waals surface area contributed by atoms with Crippen molar-refractivity contribution < 1.29 is 9.59 Å². The number of amides is 1. The zero-order valence-corrected chi connectivity index (χ0v) is 19.2. The number of carbonyl (C=O) groups is 2. The highest BCUT2D eigenvalue weighted by Crippen LogP contribution is 2.39. The molecule has 0 aromatic carbocycles. The number of Topliss-reactive ketones (excluding diaryl/α,β-unsaturated/α-hetero) is 1. The van der Waals surface area contributed by atoms with Crippen molar-refractivity contribution in [3.05, 3.63) is 58.8 Å². The van der Waals surface area contributed by atoms with Gasteiger partial charge in [0.15, 0.2) is 11.6 Å². The van der Waals surface area contributed by atoms with Crippen LogP contribution in [0.2, 0.25) is 0 Å². The molecule has 2 aliphatic heterocycles. The molecule has 1 aliphatic carbocycles.